The van der Waals surface area contributed by atoms with Gasteiger partial charge in [0.25, 0.3) is 0 Å². The van der Waals surface area contributed by atoms with Gasteiger partial charge in [0.05, 0.1) is 16.8 Å². The van der Waals surface area contributed by atoms with Gasteiger partial charge in [-0.1, -0.05) is 32.0 Å². The predicted octanol–water partition coefficient (Wildman–Crippen LogP) is 5.39. The van der Waals surface area contributed by atoms with Crippen molar-refractivity contribution in [1.29, 1.82) is 0 Å². The molecule has 3 heterocycles. The molecule has 0 radical (unpaired) electrons. The van der Waals surface area contributed by atoms with E-state index in [1.165, 1.54) is 24.5 Å². The third-order valence-corrected chi connectivity index (χ3v) is 4.96. The number of fused-ring (bicyclic) bond motifs is 1. The molecule has 0 aliphatic rings. The molecule has 9 heteroatoms. The molecule has 0 saturated heterocycles. The van der Waals surface area contributed by atoms with Crippen LogP contribution < -0.4 is 4.90 Å². The van der Waals surface area contributed by atoms with Crippen molar-refractivity contribution in [2.24, 2.45) is 5.92 Å². The van der Waals surface area contributed by atoms with Crippen molar-refractivity contribution >= 4 is 22.5 Å². The summed E-state index contributed by atoms with van der Waals surface area (Å²) >= 11 is 0. The summed E-state index contributed by atoms with van der Waals surface area (Å²) in [6.45, 7) is 4.33. The van der Waals surface area contributed by atoms with Crippen LogP contribution in [0.15, 0.2) is 60.9 Å². The zero-order chi connectivity index (χ0) is 23.6. The van der Waals surface area contributed by atoms with Crippen molar-refractivity contribution in [2.75, 3.05) is 11.4 Å². The first-order valence-electron chi connectivity index (χ1n) is 10.4. The van der Waals surface area contributed by atoms with E-state index in [0.29, 0.717) is 23.4 Å². The van der Waals surface area contributed by atoms with Crippen LogP contribution >= 0.6 is 0 Å². The third kappa shape index (κ3) is 4.78. The highest BCUT2D eigenvalue weighted by atomic mass is 19.4. The van der Waals surface area contributed by atoms with E-state index in [4.69, 9.17) is 0 Å². The lowest BCUT2D eigenvalue weighted by molar-refractivity contribution is -0.137. The van der Waals surface area contributed by atoms with Gasteiger partial charge in [0.15, 0.2) is 11.6 Å². The second kappa shape index (κ2) is 9.11. The maximum absolute atomic E-state index is 13.5. The summed E-state index contributed by atoms with van der Waals surface area (Å²) in [4.78, 5) is 19.2. The summed E-state index contributed by atoms with van der Waals surface area (Å²) in [6, 6.07) is 13.3. The van der Waals surface area contributed by atoms with Crippen LogP contribution in [-0.2, 0) is 12.8 Å². The SMILES string of the molecule is CC(C)CN(c1ccccc1)c1nc(CO)nc2cc(-c3ncccc3C(F)(F)F)cnc12. The van der Waals surface area contributed by atoms with E-state index in [2.05, 4.69) is 33.8 Å². The zero-order valence-corrected chi connectivity index (χ0v) is 18.1. The first-order valence-corrected chi connectivity index (χ1v) is 10.4. The van der Waals surface area contributed by atoms with Crippen molar-refractivity contribution in [3.63, 3.8) is 0 Å². The molecule has 0 bridgehead atoms. The number of hydrogen-bond acceptors (Lipinski definition) is 6. The van der Waals surface area contributed by atoms with Crippen LogP contribution in [0.2, 0.25) is 0 Å². The first kappa shape index (κ1) is 22.6. The summed E-state index contributed by atoms with van der Waals surface area (Å²) < 4.78 is 40.6. The molecule has 0 aliphatic carbocycles. The number of nitrogens with zero attached hydrogens (tertiary/aromatic N) is 5. The van der Waals surface area contributed by atoms with E-state index in [-0.39, 0.29) is 23.0 Å². The van der Waals surface area contributed by atoms with Crippen LogP contribution in [0.4, 0.5) is 24.7 Å². The average Bonchev–Trinajstić information content (AvgIpc) is 2.81. The molecule has 4 rings (SSSR count). The van der Waals surface area contributed by atoms with Gasteiger partial charge in [-0.15, -0.1) is 0 Å². The van der Waals surface area contributed by atoms with Crippen molar-refractivity contribution in [2.45, 2.75) is 26.6 Å². The number of halogens is 3. The summed E-state index contributed by atoms with van der Waals surface area (Å²) in [5, 5.41) is 9.77. The number of rotatable bonds is 6. The first-order chi connectivity index (χ1) is 15.8. The molecule has 0 aliphatic heterocycles. The van der Waals surface area contributed by atoms with Gasteiger partial charge in [0.1, 0.15) is 12.1 Å². The Morgan fingerprint density at radius 3 is 2.42 bits per heavy atom. The molecule has 170 valence electrons. The second-order valence-corrected chi connectivity index (χ2v) is 7.95. The highest BCUT2D eigenvalue weighted by Gasteiger charge is 2.34. The number of aliphatic hydroxyl groups is 1. The number of hydrogen-bond donors (Lipinski definition) is 1. The number of para-hydroxylation sites is 1. The Labute approximate surface area is 188 Å². The predicted molar refractivity (Wildman–Crippen MR) is 120 cm³/mol. The number of pyridine rings is 2. The summed E-state index contributed by atoms with van der Waals surface area (Å²) in [7, 11) is 0. The number of alkyl halides is 3. The van der Waals surface area contributed by atoms with Crippen LogP contribution in [0.5, 0.6) is 0 Å². The molecule has 1 aromatic carbocycles. The molecule has 0 atom stereocenters. The zero-order valence-electron chi connectivity index (χ0n) is 18.1. The largest absolute Gasteiger partial charge is 0.418 e. The molecule has 6 nitrogen and oxygen atoms in total. The quantitative estimate of drug-likeness (QED) is 0.422. The molecular formula is C24H22F3N5O. The minimum Gasteiger partial charge on any atom is -0.388 e. The maximum Gasteiger partial charge on any atom is 0.418 e. The van der Waals surface area contributed by atoms with E-state index >= 15 is 0 Å². The summed E-state index contributed by atoms with van der Waals surface area (Å²) in [5.41, 5.74) is 0.722. The van der Waals surface area contributed by atoms with Gasteiger partial charge in [0, 0.05) is 30.2 Å². The normalized spacial score (nSPS) is 11.8. The Kier molecular flexibility index (Phi) is 6.24. The molecule has 0 saturated carbocycles. The minimum absolute atomic E-state index is 0.151. The van der Waals surface area contributed by atoms with Crippen molar-refractivity contribution in [3.05, 3.63) is 72.3 Å². The molecular weight excluding hydrogens is 431 g/mol. The molecule has 4 aromatic rings. The van der Waals surface area contributed by atoms with E-state index in [9.17, 15) is 18.3 Å². The molecule has 0 unspecified atom stereocenters. The fourth-order valence-corrected chi connectivity index (χ4v) is 3.59. The van der Waals surface area contributed by atoms with Crippen LogP contribution in [-0.4, -0.2) is 31.6 Å². The van der Waals surface area contributed by atoms with Crippen molar-refractivity contribution < 1.29 is 18.3 Å². The van der Waals surface area contributed by atoms with E-state index in [1.807, 2.05) is 35.2 Å². The Hall–Kier alpha value is -3.59. The summed E-state index contributed by atoms with van der Waals surface area (Å²) in [6.07, 6.45) is -1.91. The van der Waals surface area contributed by atoms with Crippen molar-refractivity contribution in [1.82, 2.24) is 19.9 Å². The highest BCUT2D eigenvalue weighted by molar-refractivity contribution is 5.90. The molecule has 3 aromatic heterocycles. The van der Waals surface area contributed by atoms with E-state index in [1.54, 1.807) is 0 Å². The molecule has 0 amide bonds. The highest BCUT2D eigenvalue weighted by Crippen LogP contribution is 2.37. The second-order valence-electron chi connectivity index (χ2n) is 7.95. The van der Waals surface area contributed by atoms with E-state index in [0.717, 1.165) is 11.8 Å². The van der Waals surface area contributed by atoms with Crippen LogP contribution in [0.3, 0.4) is 0 Å². The maximum atomic E-state index is 13.5. The van der Waals surface area contributed by atoms with Crippen LogP contribution in [0.25, 0.3) is 22.3 Å². The van der Waals surface area contributed by atoms with Gasteiger partial charge < -0.3 is 10.0 Å². The Morgan fingerprint density at radius 1 is 1.00 bits per heavy atom. The molecule has 0 fully saturated rings. The standard InChI is InChI=1S/C24H22F3N5O/c1-15(2)13-32(17-7-4-3-5-8-17)23-22-19(30-20(14-33)31-23)11-16(12-29-22)21-18(24(25,26)27)9-6-10-28-21/h3-12,15,33H,13-14H2,1-2H3. The summed E-state index contributed by atoms with van der Waals surface area (Å²) in [5.74, 6) is 0.903. The fraction of sp³-hybridized carbons (Fsp3) is 0.250. The van der Waals surface area contributed by atoms with Crippen molar-refractivity contribution in [3.8, 4) is 11.3 Å². The van der Waals surface area contributed by atoms with Gasteiger partial charge in [0.2, 0.25) is 0 Å². The lowest BCUT2D eigenvalue weighted by atomic mass is 10.1. The molecule has 0 spiro atoms. The van der Waals surface area contributed by atoms with Gasteiger partial charge >= 0.3 is 6.18 Å². The van der Waals surface area contributed by atoms with Crippen LogP contribution in [0.1, 0.15) is 25.2 Å². The minimum atomic E-state index is -4.56. The fourth-order valence-electron chi connectivity index (χ4n) is 3.59. The molecule has 33 heavy (non-hydrogen) atoms. The van der Waals surface area contributed by atoms with E-state index < -0.39 is 18.3 Å². The smallest absolute Gasteiger partial charge is 0.388 e. The van der Waals surface area contributed by atoms with Crippen LogP contribution in [0, 0.1) is 5.92 Å². The number of aliphatic hydroxyl groups excluding tert-OH is 1. The average molecular weight is 453 g/mol. The Bertz CT molecular complexity index is 1260. The monoisotopic (exact) mass is 453 g/mol. The van der Waals surface area contributed by atoms with Gasteiger partial charge in [-0.25, -0.2) is 15.0 Å². The Morgan fingerprint density at radius 2 is 1.76 bits per heavy atom. The number of benzene rings is 1. The number of aromatic nitrogens is 4. The van der Waals surface area contributed by atoms with Gasteiger partial charge in [-0.3, -0.25) is 4.98 Å². The van der Waals surface area contributed by atoms with Gasteiger partial charge in [-0.05, 0) is 36.2 Å². The lowest BCUT2D eigenvalue weighted by Crippen LogP contribution is -2.24. The Balaban J connectivity index is 1.92. The lowest BCUT2D eigenvalue weighted by Gasteiger charge is -2.26. The topological polar surface area (TPSA) is 75.0 Å². The third-order valence-electron chi connectivity index (χ3n) is 4.96. The number of anilines is 2. The molecule has 1 N–H and O–H groups in total. The van der Waals surface area contributed by atoms with Gasteiger partial charge in [-0.2, -0.15) is 13.2 Å².